The quantitative estimate of drug-likeness (QED) is 0.746. The van der Waals surface area contributed by atoms with Crippen LogP contribution in [0.2, 0.25) is 5.02 Å². The number of hydrogen-bond acceptors (Lipinski definition) is 5. The standard InChI is InChI=1S/C21H23ClN2O5/c1-27-16-6-4-14(5-7-16)20(25)23-8-10-24(11-9-23)21(26)15-12-17(22)19(29-3)18(13-15)28-2/h4-7,12-13H,8-11H2,1-3H3. The van der Waals surface area contributed by atoms with Gasteiger partial charge >= 0.3 is 0 Å². The number of carbonyl (C=O) groups excluding carboxylic acids is 2. The summed E-state index contributed by atoms with van der Waals surface area (Å²) in [6.07, 6.45) is 0. The number of amides is 2. The highest BCUT2D eigenvalue weighted by atomic mass is 35.5. The zero-order chi connectivity index (χ0) is 21.0. The third-order valence-corrected chi connectivity index (χ3v) is 5.15. The van der Waals surface area contributed by atoms with E-state index in [1.165, 1.54) is 14.2 Å². The second kappa shape index (κ2) is 9.05. The molecule has 154 valence electrons. The van der Waals surface area contributed by atoms with E-state index in [9.17, 15) is 9.59 Å². The second-order valence-electron chi connectivity index (χ2n) is 6.51. The summed E-state index contributed by atoms with van der Waals surface area (Å²) in [4.78, 5) is 29.0. The van der Waals surface area contributed by atoms with E-state index in [0.29, 0.717) is 59.6 Å². The van der Waals surface area contributed by atoms with Crippen LogP contribution in [0.3, 0.4) is 0 Å². The highest BCUT2D eigenvalue weighted by molar-refractivity contribution is 6.32. The van der Waals surface area contributed by atoms with Gasteiger partial charge < -0.3 is 24.0 Å². The summed E-state index contributed by atoms with van der Waals surface area (Å²) >= 11 is 6.21. The van der Waals surface area contributed by atoms with Gasteiger partial charge in [-0.1, -0.05) is 11.6 Å². The lowest BCUT2D eigenvalue weighted by molar-refractivity contribution is 0.0535. The molecule has 1 saturated heterocycles. The minimum absolute atomic E-state index is 0.0612. The van der Waals surface area contributed by atoms with Crippen molar-refractivity contribution in [2.24, 2.45) is 0 Å². The summed E-state index contributed by atoms with van der Waals surface area (Å²) in [5.41, 5.74) is 1.01. The molecule has 0 unspecified atom stereocenters. The molecule has 0 radical (unpaired) electrons. The average molecular weight is 419 g/mol. The maximum absolute atomic E-state index is 12.9. The molecule has 29 heavy (non-hydrogen) atoms. The Morgan fingerprint density at radius 3 is 1.83 bits per heavy atom. The smallest absolute Gasteiger partial charge is 0.254 e. The van der Waals surface area contributed by atoms with E-state index in [1.807, 2.05) is 0 Å². The molecule has 0 atom stereocenters. The molecule has 8 heteroatoms. The van der Waals surface area contributed by atoms with E-state index in [1.54, 1.807) is 53.3 Å². The van der Waals surface area contributed by atoms with Gasteiger partial charge in [-0.2, -0.15) is 0 Å². The van der Waals surface area contributed by atoms with Crippen molar-refractivity contribution < 1.29 is 23.8 Å². The molecule has 0 aromatic heterocycles. The van der Waals surface area contributed by atoms with Crippen LogP contribution in [0.1, 0.15) is 20.7 Å². The molecule has 7 nitrogen and oxygen atoms in total. The Morgan fingerprint density at radius 1 is 0.793 bits per heavy atom. The molecule has 0 bridgehead atoms. The fourth-order valence-electron chi connectivity index (χ4n) is 3.25. The van der Waals surface area contributed by atoms with Crippen LogP contribution in [0, 0.1) is 0 Å². The molecule has 2 aromatic rings. The van der Waals surface area contributed by atoms with Crippen LogP contribution in [0.5, 0.6) is 17.2 Å². The number of hydrogen-bond donors (Lipinski definition) is 0. The van der Waals surface area contributed by atoms with Crippen molar-refractivity contribution in [3.8, 4) is 17.2 Å². The van der Waals surface area contributed by atoms with E-state index < -0.39 is 0 Å². The van der Waals surface area contributed by atoms with Crippen LogP contribution in [0.25, 0.3) is 0 Å². The predicted molar refractivity (Wildman–Crippen MR) is 109 cm³/mol. The third kappa shape index (κ3) is 4.40. The molecular formula is C21H23ClN2O5. The molecular weight excluding hydrogens is 396 g/mol. The van der Waals surface area contributed by atoms with Gasteiger partial charge in [0.15, 0.2) is 11.5 Å². The van der Waals surface area contributed by atoms with Crippen molar-refractivity contribution in [2.75, 3.05) is 47.5 Å². The Kier molecular flexibility index (Phi) is 6.49. The van der Waals surface area contributed by atoms with Crippen LogP contribution in [-0.4, -0.2) is 69.1 Å². The van der Waals surface area contributed by atoms with E-state index in [0.717, 1.165) is 0 Å². The maximum Gasteiger partial charge on any atom is 0.254 e. The first-order valence-electron chi connectivity index (χ1n) is 9.12. The molecule has 2 amide bonds. The Labute approximate surface area is 174 Å². The van der Waals surface area contributed by atoms with Crippen molar-refractivity contribution in [1.29, 1.82) is 0 Å². The molecule has 0 spiro atoms. The van der Waals surface area contributed by atoms with Crippen LogP contribution in [0.15, 0.2) is 36.4 Å². The van der Waals surface area contributed by atoms with Gasteiger partial charge in [0.05, 0.1) is 26.4 Å². The molecule has 1 heterocycles. The Morgan fingerprint density at radius 2 is 1.34 bits per heavy atom. The normalized spacial score (nSPS) is 13.8. The predicted octanol–water partition coefficient (Wildman–Crippen LogP) is 2.96. The van der Waals surface area contributed by atoms with Crippen LogP contribution in [-0.2, 0) is 0 Å². The first-order valence-corrected chi connectivity index (χ1v) is 9.50. The lowest BCUT2D eigenvalue weighted by atomic mass is 10.1. The van der Waals surface area contributed by atoms with Crippen LogP contribution in [0.4, 0.5) is 0 Å². The number of ether oxygens (including phenoxy) is 3. The topological polar surface area (TPSA) is 68.3 Å². The van der Waals surface area contributed by atoms with Crippen molar-refractivity contribution in [2.45, 2.75) is 0 Å². The van der Waals surface area contributed by atoms with E-state index in [-0.39, 0.29) is 11.8 Å². The first-order chi connectivity index (χ1) is 14.0. The van der Waals surface area contributed by atoms with E-state index in [4.69, 9.17) is 25.8 Å². The maximum atomic E-state index is 12.9. The fraction of sp³-hybridized carbons (Fsp3) is 0.333. The summed E-state index contributed by atoms with van der Waals surface area (Å²) in [5, 5.41) is 0.309. The van der Waals surface area contributed by atoms with E-state index in [2.05, 4.69) is 0 Å². The lowest BCUT2D eigenvalue weighted by Gasteiger charge is -2.35. The monoisotopic (exact) mass is 418 g/mol. The van der Waals surface area contributed by atoms with Gasteiger partial charge in [-0.15, -0.1) is 0 Å². The summed E-state index contributed by atoms with van der Waals surface area (Å²) in [6, 6.07) is 10.2. The lowest BCUT2D eigenvalue weighted by Crippen LogP contribution is -2.50. The summed E-state index contributed by atoms with van der Waals surface area (Å²) < 4.78 is 15.6. The SMILES string of the molecule is COc1ccc(C(=O)N2CCN(C(=O)c3cc(Cl)c(OC)c(OC)c3)CC2)cc1. The van der Waals surface area contributed by atoms with Gasteiger partial charge in [-0.25, -0.2) is 0 Å². The highest BCUT2D eigenvalue weighted by Crippen LogP contribution is 2.36. The zero-order valence-electron chi connectivity index (χ0n) is 16.6. The molecule has 1 aliphatic heterocycles. The summed E-state index contributed by atoms with van der Waals surface area (Å²) in [7, 11) is 4.56. The molecule has 0 N–H and O–H groups in total. The molecule has 0 saturated carbocycles. The van der Waals surface area contributed by atoms with Gasteiger partial charge in [0.25, 0.3) is 11.8 Å². The van der Waals surface area contributed by atoms with Gasteiger partial charge in [-0.05, 0) is 36.4 Å². The van der Waals surface area contributed by atoms with Crippen molar-refractivity contribution in [1.82, 2.24) is 9.80 Å². The number of methoxy groups -OCH3 is 3. The molecule has 0 aliphatic carbocycles. The van der Waals surface area contributed by atoms with Crippen molar-refractivity contribution in [3.05, 3.63) is 52.5 Å². The van der Waals surface area contributed by atoms with Crippen LogP contribution >= 0.6 is 11.6 Å². The van der Waals surface area contributed by atoms with Crippen LogP contribution < -0.4 is 14.2 Å². The van der Waals surface area contributed by atoms with Crippen molar-refractivity contribution in [3.63, 3.8) is 0 Å². The largest absolute Gasteiger partial charge is 0.497 e. The fourth-order valence-corrected chi connectivity index (χ4v) is 3.54. The van der Waals surface area contributed by atoms with Gasteiger partial charge in [-0.3, -0.25) is 9.59 Å². The first kappa shape index (κ1) is 20.8. The average Bonchev–Trinajstić information content (AvgIpc) is 2.77. The Bertz CT molecular complexity index is 893. The molecule has 1 aliphatic rings. The zero-order valence-corrected chi connectivity index (χ0v) is 17.4. The van der Waals surface area contributed by atoms with E-state index >= 15 is 0 Å². The molecule has 1 fully saturated rings. The van der Waals surface area contributed by atoms with Gasteiger partial charge in [0.2, 0.25) is 0 Å². The molecule has 3 rings (SSSR count). The minimum Gasteiger partial charge on any atom is -0.497 e. The Hall–Kier alpha value is -2.93. The number of benzene rings is 2. The number of piperazine rings is 1. The number of halogens is 1. The Balaban J connectivity index is 1.66. The highest BCUT2D eigenvalue weighted by Gasteiger charge is 2.26. The second-order valence-corrected chi connectivity index (χ2v) is 6.91. The minimum atomic E-state index is -0.163. The van der Waals surface area contributed by atoms with Gasteiger partial charge in [0.1, 0.15) is 5.75 Å². The number of rotatable bonds is 5. The van der Waals surface area contributed by atoms with Crippen molar-refractivity contribution >= 4 is 23.4 Å². The number of nitrogens with zero attached hydrogens (tertiary/aromatic N) is 2. The third-order valence-electron chi connectivity index (χ3n) is 4.87. The summed E-state index contributed by atoms with van der Waals surface area (Å²) in [6.45, 7) is 1.79. The molecule has 2 aromatic carbocycles. The number of carbonyl (C=O) groups is 2. The summed E-state index contributed by atoms with van der Waals surface area (Å²) in [5.74, 6) is 1.26. The van der Waals surface area contributed by atoms with Gasteiger partial charge in [0, 0.05) is 37.3 Å².